The molecule has 1 N–H and O–H groups in total. The van der Waals surface area contributed by atoms with Crippen molar-refractivity contribution < 1.29 is 18.3 Å². The number of rotatable bonds is 1. The highest BCUT2D eigenvalue weighted by atomic mass is 32.1. The zero-order valence-corrected chi connectivity index (χ0v) is 12.2. The molecule has 1 saturated carbocycles. The van der Waals surface area contributed by atoms with Gasteiger partial charge in [-0.1, -0.05) is 20.3 Å². The van der Waals surface area contributed by atoms with Crippen molar-refractivity contribution in [1.29, 1.82) is 0 Å². The predicted molar refractivity (Wildman–Crippen MR) is 71.6 cm³/mol. The number of aromatic nitrogens is 2. The number of hydrogen-bond donors (Lipinski definition) is 1. The lowest BCUT2D eigenvalue weighted by molar-refractivity contribution is -0.135. The molecule has 20 heavy (non-hydrogen) atoms. The maximum absolute atomic E-state index is 12.4. The van der Waals surface area contributed by atoms with Crippen molar-refractivity contribution in [3.05, 3.63) is 23.1 Å². The summed E-state index contributed by atoms with van der Waals surface area (Å²) in [6.45, 7) is 4.01. The zero-order chi connectivity index (χ0) is 15.0. The first-order chi connectivity index (χ1) is 9.24. The first-order valence-corrected chi connectivity index (χ1v) is 7.18. The lowest BCUT2D eigenvalue weighted by Crippen LogP contribution is -2.20. The number of fused-ring (bicyclic) bond motifs is 1. The average Bonchev–Trinajstić information content (AvgIpc) is 2.85. The molecule has 2 heterocycles. The summed E-state index contributed by atoms with van der Waals surface area (Å²) in [4.78, 5) is 3.30. The molecule has 0 bridgehead atoms. The Morgan fingerprint density at radius 1 is 1.40 bits per heavy atom. The van der Waals surface area contributed by atoms with Gasteiger partial charge in [-0.15, -0.1) is 11.3 Å². The Hall–Kier alpha value is -1.08. The summed E-state index contributed by atoms with van der Waals surface area (Å²) in [5, 5.41) is 8.85. The number of nitrogens with zero attached hydrogens (tertiary/aromatic N) is 2. The van der Waals surface area contributed by atoms with E-state index in [0.29, 0.717) is 16.2 Å². The molecule has 0 amide bonds. The second-order valence-corrected chi connectivity index (χ2v) is 6.68. The van der Waals surface area contributed by atoms with Gasteiger partial charge in [-0.25, -0.2) is 4.98 Å². The summed E-state index contributed by atoms with van der Waals surface area (Å²) in [6, 6.07) is 0. The number of alkyl halides is 3. The van der Waals surface area contributed by atoms with E-state index in [1.54, 1.807) is 0 Å². The Labute approximate surface area is 119 Å². The number of hydrogen-bond acceptors (Lipinski definition) is 3. The highest BCUT2D eigenvalue weighted by Gasteiger charge is 2.36. The van der Waals surface area contributed by atoms with Crippen LogP contribution in [0.15, 0.2) is 12.5 Å². The lowest BCUT2D eigenvalue weighted by Gasteiger charge is -2.33. The molecular weight excluding hydrogens is 289 g/mol. The zero-order valence-electron chi connectivity index (χ0n) is 11.4. The van der Waals surface area contributed by atoms with E-state index in [-0.39, 0.29) is 5.69 Å². The molecule has 3 rings (SSSR count). The molecule has 0 atom stereocenters. The van der Waals surface area contributed by atoms with Gasteiger partial charge in [0.2, 0.25) is 0 Å². The van der Waals surface area contributed by atoms with E-state index in [2.05, 4.69) is 18.8 Å². The third kappa shape index (κ3) is 3.15. The normalized spacial score (nSPS) is 17.5. The molecule has 0 spiro atoms. The molecule has 2 aromatic rings. The predicted octanol–water partition coefficient (Wildman–Crippen LogP) is 4.10. The second kappa shape index (κ2) is 5.37. The molecule has 0 aliphatic heterocycles. The molecule has 0 unspecified atom stereocenters. The Morgan fingerprint density at radius 2 is 2.00 bits per heavy atom. The van der Waals surface area contributed by atoms with E-state index >= 15 is 0 Å². The molecule has 3 nitrogen and oxygen atoms in total. The van der Waals surface area contributed by atoms with Gasteiger partial charge in [0, 0.05) is 0 Å². The monoisotopic (exact) mass is 306 g/mol. The van der Waals surface area contributed by atoms with Gasteiger partial charge in [-0.05, 0) is 18.3 Å². The summed E-state index contributed by atoms with van der Waals surface area (Å²) in [6.07, 6.45) is 2.54. The van der Waals surface area contributed by atoms with Crippen molar-refractivity contribution in [3.63, 3.8) is 0 Å². The van der Waals surface area contributed by atoms with Crippen LogP contribution in [-0.2, 0) is 12.8 Å². The summed E-state index contributed by atoms with van der Waals surface area (Å²) < 4.78 is 38.5. The van der Waals surface area contributed by atoms with Crippen LogP contribution in [0.1, 0.15) is 43.7 Å². The van der Waals surface area contributed by atoms with E-state index in [4.69, 9.17) is 5.11 Å². The van der Waals surface area contributed by atoms with E-state index < -0.39 is 17.7 Å². The molecule has 112 valence electrons. The highest BCUT2D eigenvalue weighted by molar-refractivity contribution is 7.17. The number of imidazole rings is 1. The minimum absolute atomic E-state index is 0.157. The van der Waals surface area contributed by atoms with Crippen molar-refractivity contribution in [3.8, 4) is 0 Å². The van der Waals surface area contributed by atoms with Crippen LogP contribution in [0.4, 0.5) is 13.2 Å². The van der Waals surface area contributed by atoms with Crippen molar-refractivity contribution in [2.45, 2.75) is 45.9 Å². The second-order valence-electron chi connectivity index (χ2n) is 5.65. The van der Waals surface area contributed by atoms with Gasteiger partial charge >= 0.3 is 6.18 Å². The van der Waals surface area contributed by atoms with Gasteiger partial charge in [0.05, 0.1) is 18.5 Å². The fraction of sp³-hybridized carbons (Fsp3) is 0.615. The van der Waals surface area contributed by atoms with Crippen molar-refractivity contribution in [2.24, 2.45) is 5.41 Å². The average molecular weight is 306 g/mol. The molecule has 0 radical (unpaired) electrons. The summed E-state index contributed by atoms with van der Waals surface area (Å²) in [5.41, 5.74) is 0.565. The van der Waals surface area contributed by atoms with Crippen LogP contribution in [0.3, 0.4) is 0 Å². The molecule has 2 aromatic heterocycles. The lowest BCUT2D eigenvalue weighted by atomic mass is 9.72. The van der Waals surface area contributed by atoms with Crippen LogP contribution < -0.4 is 0 Å². The Kier molecular flexibility index (Phi) is 4.11. The van der Waals surface area contributed by atoms with Crippen LogP contribution in [0.25, 0.3) is 4.83 Å². The van der Waals surface area contributed by atoms with Crippen LogP contribution in [0.2, 0.25) is 0 Å². The van der Waals surface area contributed by atoms with E-state index in [1.165, 1.54) is 36.2 Å². The molecule has 1 aliphatic rings. The topological polar surface area (TPSA) is 37.5 Å². The van der Waals surface area contributed by atoms with E-state index in [0.717, 1.165) is 5.41 Å². The van der Waals surface area contributed by atoms with Gasteiger partial charge in [-0.3, -0.25) is 4.40 Å². The van der Waals surface area contributed by atoms with Crippen molar-refractivity contribution in [1.82, 2.24) is 9.38 Å². The first kappa shape index (κ1) is 15.3. The Bertz CT molecular complexity index is 580. The summed E-state index contributed by atoms with van der Waals surface area (Å²) in [7, 11) is 0. The quantitative estimate of drug-likeness (QED) is 0.861. The number of thiazole rings is 1. The SMILES string of the molecule is CC1(C)CCC1.OCc1c(C(F)(F)F)sc2cncn12. The minimum Gasteiger partial charge on any atom is -0.390 e. The standard InChI is InChI=1S/C7H5F3N2OS.C6H12/c8-7(9,10)6-4(2-13)12-3-11-1-5(12)14-6;1-6(2)4-3-5-6/h1,3,13H,2H2;3-5H2,1-2H3. The van der Waals surface area contributed by atoms with Crippen LogP contribution in [-0.4, -0.2) is 14.5 Å². The molecule has 7 heteroatoms. The van der Waals surface area contributed by atoms with E-state index in [1.807, 2.05) is 0 Å². The number of aliphatic hydroxyl groups excluding tert-OH is 1. The van der Waals surface area contributed by atoms with Gasteiger partial charge in [0.25, 0.3) is 0 Å². The van der Waals surface area contributed by atoms with Gasteiger partial charge in [-0.2, -0.15) is 13.2 Å². The fourth-order valence-corrected chi connectivity index (χ4v) is 3.06. The van der Waals surface area contributed by atoms with Crippen LogP contribution in [0, 0.1) is 5.41 Å². The first-order valence-electron chi connectivity index (χ1n) is 6.36. The van der Waals surface area contributed by atoms with Gasteiger partial charge in [0.1, 0.15) is 16.0 Å². The van der Waals surface area contributed by atoms with E-state index in [9.17, 15) is 13.2 Å². The number of halogens is 3. The van der Waals surface area contributed by atoms with Crippen molar-refractivity contribution >= 4 is 16.2 Å². The Balaban J connectivity index is 0.000000205. The summed E-state index contributed by atoms with van der Waals surface area (Å²) >= 11 is 0.578. The molecular formula is C13H17F3N2OS. The van der Waals surface area contributed by atoms with Gasteiger partial charge in [0.15, 0.2) is 0 Å². The third-order valence-electron chi connectivity index (χ3n) is 3.48. The molecule has 0 saturated heterocycles. The summed E-state index contributed by atoms with van der Waals surface area (Å²) in [5.74, 6) is 0. The smallest absolute Gasteiger partial charge is 0.390 e. The maximum Gasteiger partial charge on any atom is 0.427 e. The number of aliphatic hydroxyl groups is 1. The van der Waals surface area contributed by atoms with Crippen molar-refractivity contribution in [2.75, 3.05) is 0 Å². The largest absolute Gasteiger partial charge is 0.427 e. The van der Waals surface area contributed by atoms with Gasteiger partial charge < -0.3 is 5.11 Å². The van der Waals surface area contributed by atoms with Crippen LogP contribution in [0.5, 0.6) is 0 Å². The molecule has 1 fully saturated rings. The molecule has 1 aliphatic carbocycles. The maximum atomic E-state index is 12.4. The van der Waals surface area contributed by atoms with Crippen LogP contribution >= 0.6 is 11.3 Å². The third-order valence-corrected chi connectivity index (χ3v) is 4.66. The minimum atomic E-state index is -4.41. The fourth-order valence-electron chi connectivity index (χ4n) is 2.09. The highest BCUT2D eigenvalue weighted by Crippen LogP contribution is 2.39. The Morgan fingerprint density at radius 3 is 2.40 bits per heavy atom. The molecule has 0 aromatic carbocycles.